The molecular weight excluding hydrogens is 302 g/mol. The summed E-state index contributed by atoms with van der Waals surface area (Å²) in [7, 11) is 0. The second kappa shape index (κ2) is 5.62. The van der Waals surface area contributed by atoms with Crippen molar-refractivity contribution in [3.8, 4) is 0 Å². The standard InChI is InChI=1S/C16H16ClN3S/c1-4-20(12-8-6-5-7-9-12)14-13-10(2)11(3)21-15(13)19-16(17)18-14/h5-9H,4H2,1-3H3. The van der Waals surface area contributed by atoms with Gasteiger partial charge in [0.05, 0.1) is 5.39 Å². The fourth-order valence-corrected chi connectivity index (χ4v) is 3.70. The topological polar surface area (TPSA) is 29.0 Å². The van der Waals surface area contributed by atoms with Crippen LogP contribution < -0.4 is 4.90 Å². The minimum Gasteiger partial charge on any atom is -0.326 e. The van der Waals surface area contributed by atoms with E-state index in [2.05, 4.69) is 47.8 Å². The van der Waals surface area contributed by atoms with Crippen LogP contribution in [0.15, 0.2) is 30.3 Å². The number of aryl methyl sites for hydroxylation is 2. The van der Waals surface area contributed by atoms with Gasteiger partial charge in [0.25, 0.3) is 0 Å². The van der Waals surface area contributed by atoms with Crippen LogP contribution >= 0.6 is 22.9 Å². The first-order chi connectivity index (χ1) is 10.1. The van der Waals surface area contributed by atoms with Gasteiger partial charge in [-0.25, -0.2) is 4.98 Å². The van der Waals surface area contributed by atoms with Crippen molar-refractivity contribution in [2.24, 2.45) is 0 Å². The maximum atomic E-state index is 6.13. The number of nitrogens with zero attached hydrogens (tertiary/aromatic N) is 3. The molecule has 0 saturated carbocycles. The van der Waals surface area contributed by atoms with Gasteiger partial charge in [-0.2, -0.15) is 4.98 Å². The molecule has 0 atom stereocenters. The highest BCUT2D eigenvalue weighted by Gasteiger charge is 2.19. The number of hydrogen-bond donors (Lipinski definition) is 0. The third-order valence-electron chi connectivity index (χ3n) is 3.62. The SMILES string of the molecule is CCN(c1ccccc1)c1nc(Cl)nc2sc(C)c(C)c12. The number of thiophene rings is 1. The molecule has 0 saturated heterocycles. The van der Waals surface area contributed by atoms with Gasteiger partial charge in [-0.05, 0) is 50.1 Å². The van der Waals surface area contributed by atoms with Crippen molar-refractivity contribution < 1.29 is 0 Å². The molecule has 0 radical (unpaired) electrons. The molecule has 21 heavy (non-hydrogen) atoms. The molecule has 0 aliphatic heterocycles. The fourth-order valence-electron chi connectivity index (χ4n) is 2.46. The zero-order valence-corrected chi connectivity index (χ0v) is 13.8. The Bertz CT molecular complexity index is 783. The maximum absolute atomic E-state index is 6.13. The zero-order valence-electron chi connectivity index (χ0n) is 12.2. The Kier molecular flexibility index (Phi) is 3.83. The van der Waals surface area contributed by atoms with E-state index in [9.17, 15) is 0 Å². The molecule has 3 aromatic rings. The molecule has 3 nitrogen and oxygen atoms in total. The van der Waals surface area contributed by atoms with E-state index in [-0.39, 0.29) is 0 Å². The highest BCUT2D eigenvalue weighted by molar-refractivity contribution is 7.18. The molecule has 0 fully saturated rings. The normalized spacial score (nSPS) is 11.0. The monoisotopic (exact) mass is 317 g/mol. The van der Waals surface area contributed by atoms with Gasteiger partial charge < -0.3 is 4.90 Å². The Balaban J connectivity index is 2.27. The molecule has 1 aromatic carbocycles. The average molecular weight is 318 g/mol. The van der Waals surface area contributed by atoms with Crippen LogP contribution in [0.25, 0.3) is 10.2 Å². The van der Waals surface area contributed by atoms with Crippen molar-refractivity contribution in [1.82, 2.24) is 9.97 Å². The second-order valence-corrected chi connectivity index (χ2v) is 6.40. The van der Waals surface area contributed by atoms with E-state index in [1.54, 1.807) is 11.3 Å². The van der Waals surface area contributed by atoms with E-state index < -0.39 is 0 Å². The van der Waals surface area contributed by atoms with Crippen LogP contribution in [-0.4, -0.2) is 16.5 Å². The fraction of sp³-hybridized carbons (Fsp3) is 0.250. The third-order valence-corrected chi connectivity index (χ3v) is 4.89. The van der Waals surface area contributed by atoms with Crippen LogP contribution in [0.5, 0.6) is 0 Å². The van der Waals surface area contributed by atoms with Crippen LogP contribution in [-0.2, 0) is 0 Å². The van der Waals surface area contributed by atoms with E-state index in [0.29, 0.717) is 5.28 Å². The summed E-state index contributed by atoms with van der Waals surface area (Å²) in [5.74, 6) is 0.889. The Labute approximate surface area is 133 Å². The van der Waals surface area contributed by atoms with E-state index >= 15 is 0 Å². The molecule has 0 N–H and O–H groups in total. The molecule has 0 aliphatic carbocycles. The summed E-state index contributed by atoms with van der Waals surface area (Å²) in [5, 5.41) is 1.40. The van der Waals surface area contributed by atoms with Crippen molar-refractivity contribution in [3.63, 3.8) is 0 Å². The van der Waals surface area contributed by atoms with Gasteiger partial charge in [-0.3, -0.25) is 0 Å². The van der Waals surface area contributed by atoms with E-state index in [0.717, 1.165) is 28.3 Å². The summed E-state index contributed by atoms with van der Waals surface area (Å²) in [5.41, 5.74) is 2.34. The van der Waals surface area contributed by atoms with E-state index in [1.165, 1.54) is 10.4 Å². The zero-order chi connectivity index (χ0) is 15.0. The summed E-state index contributed by atoms with van der Waals surface area (Å²) in [6.45, 7) is 7.16. The Morgan fingerprint density at radius 2 is 1.86 bits per heavy atom. The summed E-state index contributed by atoms with van der Waals surface area (Å²) in [4.78, 5) is 13.3. The summed E-state index contributed by atoms with van der Waals surface area (Å²) >= 11 is 7.80. The van der Waals surface area contributed by atoms with Gasteiger partial charge >= 0.3 is 0 Å². The summed E-state index contributed by atoms with van der Waals surface area (Å²) in [6, 6.07) is 10.2. The highest BCUT2D eigenvalue weighted by atomic mass is 35.5. The number of para-hydroxylation sites is 1. The molecule has 0 unspecified atom stereocenters. The van der Waals surface area contributed by atoms with Crippen molar-refractivity contribution >= 4 is 44.7 Å². The van der Waals surface area contributed by atoms with Crippen molar-refractivity contribution in [2.45, 2.75) is 20.8 Å². The lowest BCUT2D eigenvalue weighted by Gasteiger charge is -2.23. The first-order valence-electron chi connectivity index (χ1n) is 6.87. The molecule has 108 valence electrons. The molecule has 2 aromatic heterocycles. The minimum atomic E-state index is 0.299. The lowest BCUT2D eigenvalue weighted by molar-refractivity contribution is 0.990. The van der Waals surface area contributed by atoms with Crippen LogP contribution in [0, 0.1) is 13.8 Å². The van der Waals surface area contributed by atoms with Gasteiger partial charge in [0.1, 0.15) is 10.6 Å². The maximum Gasteiger partial charge on any atom is 0.225 e. The number of rotatable bonds is 3. The number of hydrogen-bond acceptors (Lipinski definition) is 4. The predicted octanol–water partition coefficient (Wildman–Crippen LogP) is 5.12. The lowest BCUT2D eigenvalue weighted by Crippen LogP contribution is -2.18. The van der Waals surface area contributed by atoms with Crippen LogP contribution in [0.4, 0.5) is 11.5 Å². The molecule has 0 aliphatic rings. The Morgan fingerprint density at radius 1 is 1.14 bits per heavy atom. The van der Waals surface area contributed by atoms with Crippen molar-refractivity contribution in [1.29, 1.82) is 0 Å². The van der Waals surface area contributed by atoms with Crippen molar-refractivity contribution in [3.05, 3.63) is 46.1 Å². The van der Waals surface area contributed by atoms with Gasteiger partial charge in [0.2, 0.25) is 5.28 Å². The predicted molar refractivity (Wildman–Crippen MR) is 91.0 cm³/mol. The number of halogens is 1. The molecule has 5 heteroatoms. The summed E-state index contributed by atoms with van der Waals surface area (Å²) < 4.78 is 0. The molecule has 0 spiro atoms. The largest absolute Gasteiger partial charge is 0.326 e. The van der Waals surface area contributed by atoms with E-state index in [1.807, 2.05) is 18.2 Å². The van der Waals surface area contributed by atoms with Gasteiger partial charge in [-0.15, -0.1) is 11.3 Å². The smallest absolute Gasteiger partial charge is 0.225 e. The van der Waals surface area contributed by atoms with Crippen LogP contribution in [0.2, 0.25) is 5.28 Å². The van der Waals surface area contributed by atoms with Crippen molar-refractivity contribution in [2.75, 3.05) is 11.4 Å². The Hall–Kier alpha value is -1.65. The number of benzene rings is 1. The van der Waals surface area contributed by atoms with Gasteiger partial charge in [0.15, 0.2) is 0 Å². The lowest BCUT2D eigenvalue weighted by atomic mass is 10.2. The average Bonchev–Trinajstić information content (AvgIpc) is 2.75. The highest BCUT2D eigenvalue weighted by Crippen LogP contribution is 2.37. The molecule has 0 bridgehead atoms. The van der Waals surface area contributed by atoms with Crippen LogP contribution in [0.3, 0.4) is 0 Å². The molecule has 2 heterocycles. The summed E-state index contributed by atoms with van der Waals surface area (Å²) in [6.07, 6.45) is 0. The third kappa shape index (κ3) is 2.49. The molecular formula is C16H16ClN3S. The first kappa shape index (κ1) is 14.3. The van der Waals surface area contributed by atoms with Crippen LogP contribution in [0.1, 0.15) is 17.4 Å². The molecule has 0 amide bonds. The number of anilines is 2. The first-order valence-corrected chi connectivity index (χ1v) is 8.07. The Morgan fingerprint density at radius 3 is 2.52 bits per heavy atom. The molecule has 3 rings (SSSR count). The number of fused-ring (bicyclic) bond motifs is 1. The van der Waals surface area contributed by atoms with E-state index in [4.69, 9.17) is 11.6 Å². The van der Waals surface area contributed by atoms with Gasteiger partial charge in [-0.1, -0.05) is 18.2 Å². The van der Waals surface area contributed by atoms with Gasteiger partial charge in [0, 0.05) is 17.1 Å². The second-order valence-electron chi connectivity index (χ2n) is 4.86. The minimum absolute atomic E-state index is 0.299. The quantitative estimate of drug-likeness (QED) is 0.628. The number of aromatic nitrogens is 2.